The van der Waals surface area contributed by atoms with Gasteiger partial charge in [0.05, 0.1) is 14.2 Å². The zero-order valence-corrected chi connectivity index (χ0v) is 12.7. The van der Waals surface area contributed by atoms with Crippen LogP contribution in [-0.2, 0) is 0 Å². The zero-order chi connectivity index (χ0) is 14.1. The van der Waals surface area contributed by atoms with E-state index in [0.29, 0.717) is 6.04 Å². The maximum absolute atomic E-state index is 5.57. The number of nitrogens with one attached hydrogen (secondary N) is 1. The van der Waals surface area contributed by atoms with E-state index < -0.39 is 0 Å². The molecule has 3 nitrogen and oxygen atoms in total. The fourth-order valence-corrected chi connectivity index (χ4v) is 4.38. The van der Waals surface area contributed by atoms with E-state index in [4.69, 9.17) is 9.47 Å². The second-order valence-corrected chi connectivity index (χ2v) is 6.21. The third-order valence-corrected chi connectivity index (χ3v) is 5.30. The van der Waals surface area contributed by atoms with Crippen LogP contribution in [0.5, 0.6) is 11.5 Å². The molecule has 0 saturated heterocycles. The molecule has 1 N–H and O–H groups in total. The Balaban J connectivity index is 1.92. The molecule has 20 heavy (non-hydrogen) atoms. The fourth-order valence-electron chi connectivity index (χ4n) is 4.38. The van der Waals surface area contributed by atoms with Crippen molar-refractivity contribution in [2.45, 2.75) is 31.7 Å². The Morgan fingerprint density at radius 1 is 1.15 bits per heavy atom. The Morgan fingerprint density at radius 3 is 2.55 bits per heavy atom. The molecule has 3 rings (SSSR count). The first kappa shape index (κ1) is 13.7. The Hall–Kier alpha value is -1.22. The molecule has 2 fully saturated rings. The van der Waals surface area contributed by atoms with Crippen LogP contribution >= 0.6 is 0 Å². The maximum atomic E-state index is 5.57. The van der Waals surface area contributed by atoms with Gasteiger partial charge in [-0.05, 0) is 62.3 Å². The van der Waals surface area contributed by atoms with Crippen molar-refractivity contribution in [1.82, 2.24) is 5.32 Å². The van der Waals surface area contributed by atoms with E-state index in [1.54, 1.807) is 14.2 Å². The van der Waals surface area contributed by atoms with Crippen LogP contribution in [0, 0.1) is 17.8 Å². The van der Waals surface area contributed by atoms with Crippen molar-refractivity contribution >= 4 is 0 Å². The topological polar surface area (TPSA) is 30.5 Å². The van der Waals surface area contributed by atoms with Crippen molar-refractivity contribution in [1.29, 1.82) is 0 Å². The molecular weight excluding hydrogens is 250 g/mol. The average molecular weight is 275 g/mol. The summed E-state index contributed by atoms with van der Waals surface area (Å²) in [6.07, 6.45) is 5.62. The number of hydrogen-bond donors (Lipinski definition) is 1. The third-order valence-electron chi connectivity index (χ3n) is 5.30. The van der Waals surface area contributed by atoms with Gasteiger partial charge in [0.2, 0.25) is 0 Å². The van der Waals surface area contributed by atoms with Gasteiger partial charge in [0, 0.05) is 11.6 Å². The monoisotopic (exact) mass is 275 g/mol. The van der Waals surface area contributed by atoms with Crippen molar-refractivity contribution in [2.24, 2.45) is 17.8 Å². The van der Waals surface area contributed by atoms with Crippen LogP contribution in [0.15, 0.2) is 18.2 Å². The summed E-state index contributed by atoms with van der Waals surface area (Å²) in [7, 11) is 5.53. The second kappa shape index (κ2) is 5.65. The summed E-state index contributed by atoms with van der Waals surface area (Å²) < 4.78 is 11.0. The van der Waals surface area contributed by atoms with Crippen LogP contribution in [0.1, 0.15) is 37.3 Å². The van der Waals surface area contributed by atoms with Gasteiger partial charge in [-0.1, -0.05) is 6.42 Å². The SMILES string of the molecule is CNC(c1cc(OC)ccc1OC)C1CC2CCC1C2. The third kappa shape index (κ3) is 2.28. The van der Waals surface area contributed by atoms with Gasteiger partial charge in [0.1, 0.15) is 11.5 Å². The summed E-state index contributed by atoms with van der Waals surface area (Å²) >= 11 is 0. The molecule has 0 aliphatic heterocycles. The predicted molar refractivity (Wildman–Crippen MR) is 80.3 cm³/mol. The molecule has 2 aliphatic carbocycles. The largest absolute Gasteiger partial charge is 0.497 e. The molecule has 1 aromatic rings. The highest BCUT2D eigenvalue weighted by Gasteiger charge is 2.43. The van der Waals surface area contributed by atoms with E-state index in [-0.39, 0.29) is 0 Å². The second-order valence-electron chi connectivity index (χ2n) is 6.21. The molecule has 2 saturated carbocycles. The van der Waals surface area contributed by atoms with E-state index in [1.165, 1.54) is 31.2 Å². The maximum Gasteiger partial charge on any atom is 0.123 e. The van der Waals surface area contributed by atoms with Crippen molar-refractivity contribution in [3.05, 3.63) is 23.8 Å². The fraction of sp³-hybridized carbons (Fsp3) is 0.647. The van der Waals surface area contributed by atoms with Crippen LogP contribution in [0.4, 0.5) is 0 Å². The summed E-state index contributed by atoms with van der Waals surface area (Å²) in [6, 6.07) is 6.49. The molecule has 3 heteroatoms. The quantitative estimate of drug-likeness (QED) is 0.893. The molecule has 2 aliphatic rings. The van der Waals surface area contributed by atoms with Gasteiger partial charge >= 0.3 is 0 Å². The molecule has 2 bridgehead atoms. The van der Waals surface area contributed by atoms with E-state index in [2.05, 4.69) is 18.4 Å². The standard InChI is InChI=1S/C17H25NO2/c1-18-17(14-9-11-4-5-12(14)8-11)15-10-13(19-2)6-7-16(15)20-3/h6-7,10-12,14,17-18H,4-5,8-9H2,1-3H3. The summed E-state index contributed by atoms with van der Waals surface area (Å²) in [4.78, 5) is 0. The number of rotatable bonds is 5. The summed E-state index contributed by atoms with van der Waals surface area (Å²) in [5.74, 6) is 4.45. The van der Waals surface area contributed by atoms with Crippen LogP contribution < -0.4 is 14.8 Å². The lowest BCUT2D eigenvalue weighted by molar-refractivity contribution is 0.254. The van der Waals surface area contributed by atoms with Gasteiger partial charge in [-0.2, -0.15) is 0 Å². The first-order valence-electron chi connectivity index (χ1n) is 7.66. The molecule has 0 radical (unpaired) electrons. The lowest BCUT2D eigenvalue weighted by Crippen LogP contribution is -2.29. The van der Waals surface area contributed by atoms with E-state index in [1.807, 2.05) is 12.1 Å². The van der Waals surface area contributed by atoms with Crippen LogP contribution in [0.3, 0.4) is 0 Å². The minimum atomic E-state index is 0.371. The molecule has 0 heterocycles. The van der Waals surface area contributed by atoms with E-state index in [9.17, 15) is 0 Å². The Morgan fingerprint density at radius 2 is 2.00 bits per heavy atom. The van der Waals surface area contributed by atoms with Crippen LogP contribution in [-0.4, -0.2) is 21.3 Å². The first-order chi connectivity index (χ1) is 9.76. The molecule has 0 amide bonds. The predicted octanol–water partition coefficient (Wildman–Crippen LogP) is 3.40. The lowest BCUT2D eigenvalue weighted by Gasteiger charge is -2.31. The van der Waals surface area contributed by atoms with Crippen molar-refractivity contribution in [2.75, 3.05) is 21.3 Å². The van der Waals surface area contributed by atoms with Gasteiger partial charge in [-0.3, -0.25) is 0 Å². The van der Waals surface area contributed by atoms with Crippen molar-refractivity contribution < 1.29 is 9.47 Å². The number of benzene rings is 1. The Bertz CT molecular complexity index is 474. The number of methoxy groups -OCH3 is 2. The molecule has 4 atom stereocenters. The average Bonchev–Trinajstić information content (AvgIpc) is 3.11. The minimum absolute atomic E-state index is 0.371. The molecule has 0 aromatic heterocycles. The van der Waals surface area contributed by atoms with E-state index >= 15 is 0 Å². The lowest BCUT2D eigenvalue weighted by atomic mass is 9.80. The zero-order valence-electron chi connectivity index (χ0n) is 12.7. The first-order valence-corrected chi connectivity index (χ1v) is 7.66. The van der Waals surface area contributed by atoms with Crippen molar-refractivity contribution in [3.8, 4) is 11.5 Å². The summed E-state index contributed by atoms with van der Waals surface area (Å²) in [5.41, 5.74) is 1.24. The summed E-state index contributed by atoms with van der Waals surface area (Å²) in [5, 5.41) is 3.54. The van der Waals surface area contributed by atoms with E-state index in [0.717, 1.165) is 29.3 Å². The van der Waals surface area contributed by atoms with Gasteiger partial charge in [0.25, 0.3) is 0 Å². The highest BCUT2D eigenvalue weighted by Crippen LogP contribution is 2.53. The highest BCUT2D eigenvalue weighted by molar-refractivity contribution is 5.42. The number of hydrogen-bond acceptors (Lipinski definition) is 3. The minimum Gasteiger partial charge on any atom is -0.497 e. The Kier molecular flexibility index (Phi) is 3.88. The van der Waals surface area contributed by atoms with Crippen molar-refractivity contribution in [3.63, 3.8) is 0 Å². The van der Waals surface area contributed by atoms with Gasteiger partial charge in [-0.15, -0.1) is 0 Å². The van der Waals surface area contributed by atoms with Crippen LogP contribution in [0.25, 0.3) is 0 Å². The Labute approximate surface area is 121 Å². The molecule has 4 unspecified atom stereocenters. The molecular formula is C17H25NO2. The molecule has 0 spiro atoms. The number of fused-ring (bicyclic) bond motifs is 2. The normalized spacial score (nSPS) is 29.4. The van der Waals surface area contributed by atoms with Crippen LogP contribution in [0.2, 0.25) is 0 Å². The highest BCUT2D eigenvalue weighted by atomic mass is 16.5. The summed E-state index contributed by atoms with van der Waals surface area (Å²) in [6.45, 7) is 0. The van der Waals surface area contributed by atoms with Gasteiger partial charge in [0.15, 0.2) is 0 Å². The van der Waals surface area contributed by atoms with Gasteiger partial charge < -0.3 is 14.8 Å². The smallest absolute Gasteiger partial charge is 0.123 e. The van der Waals surface area contributed by atoms with Gasteiger partial charge in [-0.25, -0.2) is 0 Å². The number of ether oxygens (including phenoxy) is 2. The molecule has 110 valence electrons. The molecule has 1 aromatic carbocycles.